The minimum atomic E-state index is -0.590. The molecule has 0 N–H and O–H groups in total. The molecule has 0 unspecified atom stereocenters. The van der Waals surface area contributed by atoms with Crippen LogP contribution in [0.3, 0.4) is 0 Å². The molecule has 0 aliphatic heterocycles. The fourth-order valence-corrected chi connectivity index (χ4v) is 7.96. The van der Waals surface area contributed by atoms with Crippen molar-refractivity contribution in [1.29, 1.82) is 0 Å². The Hall–Kier alpha value is -3.46. The Morgan fingerprint density at radius 2 is 1.48 bits per heavy atom. The Labute approximate surface area is 251 Å². The third-order valence-electron chi connectivity index (χ3n) is 10.3. The molecular formula is C39H43FNO+. The number of pyridine rings is 1. The maximum atomic E-state index is 16.3. The average molecular weight is 562 g/mol. The Morgan fingerprint density at radius 1 is 0.810 bits per heavy atom. The highest BCUT2D eigenvalue weighted by Gasteiger charge is 2.42. The van der Waals surface area contributed by atoms with E-state index in [1.807, 2.05) is 31.4 Å². The van der Waals surface area contributed by atoms with Crippen molar-refractivity contribution in [3.8, 4) is 22.4 Å². The van der Waals surface area contributed by atoms with Crippen LogP contribution in [0.2, 0.25) is 0 Å². The molecule has 216 valence electrons. The molecule has 2 aliphatic rings. The molecule has 0 amide bonds. The quantitative estimate of drug-likeness (QED) is 0.200. The van der Waals surface area contributed by atoms with Gasteiger partial charge in [-0.05, 0) is 95.3 Å². The first kappa shape index (κ1) is 26.2. The Morgan fingerprint density at radius 3 is 2.19 bits per heavy atom. The van der Waals surface area contributed by atoms with Gasteiger partial charge in [0.25, 0.3) is 0 Å². The highest BCUT2D eigenvalue weighted by atomic mass is 19.1. The lowest BCUT2D eigenvalue weighted by Gasteiger charge is -2.45. The van der Waals surface area contributed by atoms with Gasteiger partial charge in [-0.15, -0.1) is 0 Å². The van der Waals surface area contributed by atoms with Gasteiger partial charge in [0.2, 0.25) is 5.69 Å². The molecular weight excluding hydrogens is 517 g/mol. The second kappa shape index (κ2) is 9.79. The molecule has 2 aromatic heterocycles. The molecule has 0 spiro atoms. The topological polar surface area (TPSA) is 17.0 Å². The summed E-state index contributed by atoms with van der Waals surface area (Å²) >= 11 is 0. The van der Waals surface area contributed by atoms with E-state index in [9.17, 15) is 1.37 Å². The van der Waals surface area contributed by atoms with Gasteiger partial charge in [0.05, 0.1) is 11.1 Å². The monoisotopic (exact) mass is 561 g/mol. The molecule has 2 heterocycles. The van der Waals surface area contributed by atoms with Crippen molar-refractivity contribution in [3.05, 3.63) is 88.9 Å². The zero-order chi connectivity index (χ0) is 30.3. The Balaban J connectivity index is 1.57. The average Bonchev–Trinajstić information content (AvgIpc) is 3.34. The molecule has 3 heteroatoms. The number of aryl methyl sites for hydroxylation is 2. The summed E-state index contributed by atoms with van der Waals surface area (Å²) in [6, 6.07) is 18.2. The summed E-state index contributed by atoms with van der Waals surface area (Å²) in [7, 11) is 2.05. The largest absolute Gasteiger partial charge is 0.454 e. The van der Waals surface area contributed by atoms with Crippen molar-refractivity contribution < 1.29 is 14.7 Å². The highest BCUT2D eigenvalue weighted by Crippen LogP contribution is 2.54. The second-order valence-electron chi connectivity index (χ2n) is 14.1. The summed E-state index contributed by atoms with van der Waals surface area (Å²) in [5, 5.41) is 1.93. The number of rotatable bonds is 3. The van der Waals surface area contributed by atoms with Crippen LogP contribution in [0.25, 0.3) is 44.3 Å². The minimum absolute atomic E-state index is 0.105. The summed E-state index contributed by atoms with van der Waals surface area (Å²) in [4.78, 5) is 0. The van der Waals surface area contributed by atoms with Gasteiger partial charge in [-0.1, -0.05) is 71.2 Å². The maximum absolute atomic E-state index is 16.3. The molecule has 0 bridgehead atoms. The fourth-order valence-electron chi connectivity index (χ4n) is 7.96. The lowest BCUT2D eigenvalue weighted by atomic mass is 9.59. The van der Waals surface area contributed by atoms with E-state index in [4.69, 9.17) is 4.42 Å². The normalized spacial score (nSPS) is 19.5. The van der Waals surface area contributed by atoms with Crippen molar-refractivity contribution in [1.82, 2.24) is 0 Å². The van der Waals surface area contributed by atoms with Gasteiger partial charge in [0.1, 0.15) is 24.0 Å². The van der Waals surface area contributed by atoms with Gasteiger partial charge in [0.15, 0.2) is 6.20 Å². The van der Waals surface area contributed by atoms with Crippen molar-refractivity contribution in [2.45, 2.75) is 96.3 Å². The number of hydrogen-bond donors (Lipinski definition) is 0. The predicted octanol–water partition coefficient (Wildman–Crippen LogP) is 10.6. The van der Waals surface area contributed by atoms with Crippen molar-refractivity contribution in [2.75, 3.05) is 0 Å². The molecule has 0 saturated heterocycles. The van der Waals surface area contributed by atoms with E-state index >= 15 is 4.39 Å². The van der Waals surface area contributed by atoms with E-state index in [0.717, 1.165) is 82.8 Å². The van der Waals surface area contributed by atoms with Crippen LogP contribution in [-0.2, 0) is 17.9 Å². The van der Waals surface area contributed by atoms with E-state index in [1.54, 1.807) is 6.07 Å². The van der Waals surface area contributed by atoms with Crippen molar-refractivity contribution in [3.63, 3.8) is 0 Å². The number of benzene rings is 3. The number of hydrogen-bond acceptors (Lipinski definition) is 1. The van der Waals surface area contributed by atoms with Crippen LogP contribution in [0.4, 0.5) is 4.39 Å². The summed E-state index contributed by atoms with van der Waals surface area (Å²) in [5.74, 6) is -0.852. The van der Waals surface area contributed by atoms with Crippen LogP contribution in [0.5, 0.6) is 0 Å². The summed E-state index contributed by atoms with van der Waals surface area (Å²) in [5.41, 5.74) is 9.45. The first-order valence-electron chi connectivity index (χ1n) is 16.2. The lowest BCUT2D eigenvalue weighted by Crippen LogP contribution is -2.36. The van der Waals surface area contributed by atoms with Crippen LogP contribution < -0.4 is 4.57 Å². The zero-order valence-corrected chi connectivity index (χ0v) is 26.0. The molecule has 0 radical (unpaired) electrons. The van der Waals surface area contributed by atoms with Crippen LogP contribution >= 0.6 is 0 Å². The minimum Gasteiger partial charge on any atom is -0.454 e. The zero-order valence-electron chi connectivity index (χ0n) is 27.0. The third kappa shape index (κ3) is 4.14. The molecule has 2 nitrogen and oxygen atoms in total. The fraction of sp³-hybridized carbons (Fsp3) is 0.410. The molecule has 5 aromatic rings. The third-order valence-corrected chi connectivity index (χ3v) is 10.3. The summed E-state index contributed by atoms with van der Waals surface area (Å²) in [6.07, 6.45) is 9.29. The Kier molecular flexibility index (Phi) is 6.11. The molecule has 2 aliphatic carbocycles. The number of fused-ring (bicyclic) bond motifs is 4. The van der Waals surface area contributed by atoms with E-state index in [2.05, 4.69) is 69.5 Å². The highest BCUT2D eigenvalue weighted by molar-refractivity contribution is 6.13. The van der Waals surface area contributed by atoms with Crippen molar-refractivity contribution in [2.24, 2.45) is 7.05 Å². The van der Waals surface area contributed by atoms with E-state index < -0.39 is 5.89 Å². The predicted molar refractivity (Wildman–Crippen MR) is 172 cm³/mol. The number of furan rings is 1. The van der Waals surface area contributed by atoms with Gasteiger partial charge >= 0.3 is 0 Å². The number of aromatic nitrogens is 1. The maximum Gasteiger partial charge on any atom is 0.216 e. The van der Waals surface area contributed by atoms with Crippen LogP contribution in [-0.4, -0.2) is 0 Å². The standard InChI is InChI=1S/C39H43FNO/c1-24-15-16-27-28-19-20-30(40)33(37(28)42-36(27)32(24)31-14-10-11-23-41(31)6)29-18-17-26(25-12-8-7-9-13-25)34-35(29)39(4,5)22-21-38(34,2)3/h10-11,14-20,23,25H,7-9,12-13,21-22H2,1-6H3/q+1/i25D. The van der Waals surface area contributed by atoms with E-state index in [-0.39, 0.29) is 16.6 Å². The van der Waals surface area contributed by atoms with Crippen LogP contribution in [0.15, 0.2) is 65.2 Å². The van der Waals surface area contributed by atoms with E-state index in [1.165, 1.54) is 17.5 Å². The molecule has 3 aromatic carbocycles. The lowest BCUT2D eigenvalue weighted by molar-refractivity contribution is -0.660. The van der Waals surface area contributed by atoms with Gasteiger partial charge in [-0.3, -0.25) is 0 Å². The smallest absolute Gasteiger partial charge is 0.216 e. The van der Waals surface area contributed by atoms with Crippen molar-refractivity contribution >= 4 is 21.9 Å². The summed E-state index contributed by atoms with van der Waals surface area (Å²) in [6.45, 7) is 11.4. The molecule has 0 atom stereocenters. The molecule has 1 fully saturated rings. The first-order valence-corrected chi connectivity index (χ1v) is 15.7. The summed E-state index contributed by atoms with van der Waals surface area (Å²) < 4.78 is 35.0. The van der Waals surface area contributed by atoms with E-state index in [0.29, 0.717) is 11.1 Å². The second-order valence-corrected chi connectivity index (χ2v) is 14.1. The number of nitrogens with zero attached hydrogens (tertiary/aromatic N) is 1. The molecule has 42 heavy (non-hydrogen) atoms. The molecule has 7 rings (SSSR count). The molecule has 1 saturated carbocycles. The SMILES string of the molecule is [2H]C1(c2ccc(-c3c(F)ccc4c3oc3c(-c5cccc[n+]5C)c(C)ccc34)c3c2C(C)(C)CCC3(C)C)CCCCC1. The van der Waals surface area contributed by atoms with Gasteiger partial charge < -0.3 is 4.42 Å². The Bertz CT molecular complexity index is 1910. The van der Waals surface area contributed by atoms with Crippen LogP contribution in [0.1, 0.15) is 102 Å². The van der Waals surface area contributed by atoms with Gasteiger partial charge in [0, 0.05) is 24.3 Å². The number of halogens is 1. The van der Waals surface area contributed by atoms with Gasteiger partial charge in [-0.25, -0.2) is 8.96 Å². The van der Waals surface area contributed by atoms with Gasteiger partial charge in [-0.2, -0.15) is 0 Å². The van der Waals surface area contributed by atoms with Crippen LogP contribution in [0, 0.1) is 12.7 Å². The first-order chi connectivity index (χ1) is 20.4.